The number of rotatable bonds is 3. The fraction of sp³-hybridized carbons (Fsp3) is 0.231. The van der Waals surface area contributed by atoms with Crippen molar-refractivity contribution < 1.29 is 13.2 Å². The summed E-state index contributed by atoms with van der Waals surface area (Å²) >= 11 is 7.28. The Labute approximate surface area is 118 Å². The summed E-state index contributed by atoms with van der Waals surface area (Å²) in [5, 5.41) is 4.99. The summed E-state index contributed by atoms with van der Waals surface area (Å²) in [4.78, 5) is 1.09. The highest BCUT2D eigenvalue weighted by Gasteiger charge is 2.31. The van der Waals surface area contributed by atoms with Crippen molar-refractivity contribution in [3.8, 4) is 0 Å². The number of benzene rings is 1. The third-order valence-electron chi connectivity index (χ3n) is 2.65. The number of hydrogen-bond donors (Lipinski definition) is 1. The van der Waals surface area contributed by atoms with Crippen molar-refractivity contribution in [1.29, 1.82) is 0 Å². The summed E-state index contributed by atoms with van der Waals surface area (Å²) in [6.45, 7) is 2.45. The van der Waals surface area contributed by atoms with Crippen LogP contribution in [-0.4, -0.2) is 0 Å². The van der Waals surface area contributed by atoms with E-state index in [0.29, 0.717) is 12.2 Å². The van der Waals surface area contributed by atoms with E-state index in [1.807, 2.05) is 18.4 Å². The third kappa shape index (κ3) is 3.64. The van der Waals surface area contributed by atoms with E-state index in [-0.39, 0.29) is 5.02 Å². The second-order valence-electron chi connectivity index (χ2n) is 4.11. The molecule has 0 aliphatic carbocycles. The number of halogens is 4. The van der Waals surface area contributed by atoms with Crippen LogP contribution in [0.25, 0.3) is 0 Å². The molecule has 0 saturated heterocycles. The first-order valence-electron chi connectivity index (χ1n) is 5.51. The Morgan fingerprint density at radius 2 is 2.00 bits per heavy atom. The smallest absolute Gasteiger partial charge is 0.380 e. The lowest BCUT2D eigenvalue weighted by atomic mass is 10.2. The molecule has 6 heteroatoms. The van der Waals surface area contributed by atoms with Gasteiger partial charge in [0.25, 0.3) is 0 Å². The molecule has 19 heavy (non-hydrogen) atoms. The zero-order valence-corrected chi connectivity index (χ0v) is 11.6. The molecule has 2 rings (SSSR count). The predicted octanol–water partition coefficient (Wildman–Crippen LogP) is 5.34. The molecule has 1 heterocycles. The predicted molar refractivity (Wildman–Crippen MR) is 72.8 cm³/mol. The Morgan fingerprint density at radius 3 is 2.58 bits per heavy atom. The van der Waals surface area contributed by atoms with E-state index in [1.165, 1.54) is 6.07 Å². The van der Waals surface area contributed by atoms with Gasteiger partial charge in [0.05, 0.1) is 5.56 Å². The molecular formula is C13H11ClF3NS. The minimum atomic E-state index is -4.39. The molecule has 1 aromatic carbocycles. The van der Waals surface area contributed by atoms with Gasteiger partial charge in [-0.25, -0.2) is 0 Å². The van der Waals surface area contributed by atoms with Crippen LogP contribution in [0, 0.1) is 6.92 Å². The van der Waals surface area contributed by atoms with Gasteiger partial charge in [-0.3, -0.25) is 0 Å². The van der Waals surface area contributed by atoms with Gasteiger partial charge in [0.1, 0.15) is 0 Å². The quantitative estimate of drug-likeness (QED) is 0.807. The third-order valence-corrected chi connectivity index (χ3v) is 3.89. The minimum absolute atomic E-state index is 0.0697. The highest BCUT2D eigenvalue weighted by Crippen LogP contribution is 2.33. The number of aryl methyl sites for hydroxylation is 1. The molecule has 1 nitrogen and oxygen atoms in total. The molecular weight excluding hydrogens is 295 g/mol. The van der Waals surface area contributed by atoms with Crippen LogP contribution in [0.2, 0.25) is 5.02 Å². The lowest BCUT2D eigenvalue weighted by molar-refractivity contribution is -0.137. The summed E-state index contributed by atoms with van der Waals surface area (Å²) in [5.74, 6) is 0. The largest absolute Gasteiger partial charge is 0.416 e. The van der Waals surface area contributed by atoms with Gasteiger partial charge in [-0.2, -0.15) is 13.2 Å². The van der Waals surface area contributed by atoms with E-state index in [9.17, 15) is 13.2 Å². The van der Waals surface area contributed by atoms with Crippen LogP contribution < -0.4 is 5.32 Å². The Kier molecular flexibility index (Phi) is 4.06. The number of thiophene rings is 1. The molecule has 0 bridgehead atoms. The number of anilines is 1. The first-order valence-corrected chi connectivity index (χ1v) is 6.76. The van der Waals surface area contributed by atoms with E-state index in [4.69, 9.17) is 11.6 Å². The SMILES string of the molecule is Cc1ccsc1CNc1cc(Cl)cc(C(F)(F)F)c1. The van der Waals surface area contributed by atoms with Gasteiger partial charge < -0.3 is 5.32 Å². The topological polar surface area (TPSA) is 12.0 Å². The van der Waals surface area contributed by atoms with Crippen LogP contribution in [0.5, 0.6) is 0 Å². The number of hydrogen-bond acceptors (Lipinski definition) is 2. The lowest BCUT2D eigenvalue weighted by Gasteiger charge is -2.11. The number of nitrogens with one attached hydrogen (secondary N) is 1. The fourth-order valence-electron chi connectivity index (χ4n) is 1.62. The summed E-state index contributed by atoms with van der Waals surface area (Å²) in [6.07, 6.45) is -4.39. The van der Waals surface area contributed by atoms with Gasteiger partial charge in [-0.15, -0.1) is 11.3 Å². The van der Waals surface area contributed by atoms with Gasteiger partial charge in [0.15, 0.2) is 0 Å². The van der Waals surface area contributed by atoms with Crippen LogP contribution in [0.1, 0.15) is 16.0 Å². The van der Waals surface area contributed by atoms with E-state index in [2.05, 4.69) is 5.32 Å². The van der Waals surface area contributed by atoms with Crippen molar-refractivity contribution >= 4 is 28.6 Å². The highest BCUT2D eigenvalue weighted by atomic mass is 35.5. The maximum atomic E-state index is 12.6. The van der Waals surface area contributed by atoms with Gasteiger partial charge in [0, 0.05) is 22.1 Å². The molecule has 1 aromatic heterocycles. The summed E-state index contributed by atoms with van der Waals surface area (Å²) in [5.41, 5.74) is 0.744. The Hall–Kier alpha value is -1.20. The Morgan fingerprint density at radius 1 is 1.26 bits per heavy atom. The maximum absolute atomic E-state index is 12.6. The molecule has 0 unspecified atom stereocenters. The molecule has 2 aromatic rings. The van der Waals surface area contributed by atoms with Crippen molar-refractivity contribution in [2.24, 2.45) is 0 Å². The van der Waals surface area contributed by atoms with E-state index in [1.54, 1.807) is 11.3 Å². The Balaban J connectivity index is 2.17. The zero-order valence-electron chi connectivity index (χ0n) is 10.0. The van der Waals surface area contributed by atoms with E-state index < -0.39 is 11.7 Å². The normalized spacial score (nSPS) is 11.6. The van der Waals surface area contributed by atoms with Gasteiger partial charge in [-0.1, -0.05) is 11.6 Å². The van der Waals surface area contributed by atoms with Gasteiger partial charge >= 0.3 is 6.18 Å². The monoisotopic (exact) mass is 305 g/mol. The molecule has 1 N–H and O–H groups in total. The molecule has 0 aliphatic rings. The molecule has 102 valence electrons. The van der Waals surface area contributed by atoms with Crippen LogP contribution in [0.3, 0.4) is 0 Å². The lowest BCUT2D eigenvalue weighted by Crippen LogP contribution is -2.06. The molecule has 0 spiro atoms. The maximum Gasteiger partial charge on any atom is 0.416 e. The Bertz CT molecular complexity index is 578. The molecule has 0 radical (unpaired) electrons. The summed E-state index contributed by atoms with van der Waals surface area (Å²) < 4.78 is 37.9. The van der Waals surface area contributed by atoms with Crippen molar-refractivity contribution in [2.45, 2.75) is 19.6 Å². The second-order valence-corrected chi connectivity index (χ2v) is 5.54. The molecule has 0 atom stereocenters. The van der Waals surface area contributed by atoms with Crippen LogP contribution in [0.4, 0.5) is 18.9 Å². The van der Waals surface area contributed by atoms with Gasteiger partial charge in [0.2, 0.25) is 0 Å². The first-order chi connectivity index (χ1) is 8.86. The highest BCUT2D eigenvalue weighted by molar-refractivity contribution is 7.10. The molecule has 0 saturated carbocycles. The molecule has 0 amide bonds. The van der Waals surface area contributed by atoms with Crippen molar-refractivity contribution in [3.63, 3.8) is 0 Å². The number of alkyl halides is 3. The average Bonchev–Trinajstić information content (AvgIpc) is 2.70. The van der Waals surface area contributed by atoms with E-state index >= 15 is 0 Å². The van der Waals surface area contributed by atoms with Crippen LogP contribution in [-0.2, 0) is 12.7 Å². The van der Waals surface area contributed by atoms with Crippen LogP contribution in [0.15, 0.2) is 29.6 Å². The first kappa shape index (κ1) is 14.2. The summed E-state index contributed by atoms with van der Waals surface area (Å²) in [6, 6.07) is 5.44. The standard InChI is InChI=1S/C13H11ClF3NS/c1-8-2-3-19-12(8)7-18-11-5-9(13(15,16)17)4-10(14)6-11/h2-6,18H,7H2,1H3. The van der Waals surface area contributed by atoms with Crippen molar-refractivity contribution in [2.75, 3.05) is 5.32 Å². The second kappa shape index (κ2) is 5.43. The van der Waals surface area contributed by atoms with Crippen molar-refractivity contribution in [3.05, 3.63) is 50.7 Å². The molecule has 0 aliphatic heterocycles. The van der Waals surface area contributed by atoms with Crippen molar-refractivity contribution in [1.82, 2.24) is 0 Å². The molecule has 0 fully saturated rings. The van der Waals surface area contributed by atoms with Gasteiger partial charge in [-0.05, 0) is 42.1 Å². The van der Waals surface area contributed by atoms with E-state index in [0.717, 1.165) is 22.6 Å². The van der Waals surface area contributed by atoms with Crippen LogP contribution >= 0.6 is 22.9 Å². The zero-order chi connectivity index (χ0) is 14.0. The summed E-state index contributed by atoms with van der Waals surface area (Å²) in [7, 11) is 0. The fourth-order valence-corrected chi connectivity index (χ4v) is 2.70. The average molecular weight is 306 g/mol. The minimum Gasteiger partial charge on any atom is -0.380 e.